The zero-order valence-electron chi connectivity index (χ0n) is 16.0. The number of aromatic nitrogens is 5. The molecule has 146 valence electrons. The molecule has 6 rings (SSSR count). The van der Waals surface area contributed by atoms with Crippen molar-refractivity contribution in [1.29, 1.82) is 0 Å². The first-order chi connectivity index (χ1) is 14.2. The van der Waals surface area contributed by atoms with Crippen molar-refractivity contribution in [2.24, 2.45) is 0 Å². The summed E-state index contributed by atoms with van der Waals surface area (Å²) in [5.74, 6) is 1.16. The molecular weight excluding hydrogens is 368 g/mol. The first-order valence-electron chi connectivity index (χ1n) is 9.93. The van der Waals surface area contributed by atoms with Gasteiger partial charge in [-0.15, -0.1) is 0 Å². The van der Waals surface area contributed by atoms with E-state index in [0.717, 1.165) is 41.0 Å². The summed E-state index contributed by atoms with van der Waals surface area (Å²) in [5.41, 5.74) is 4.83. The number of carbonyl (C=O) groups is 1. The molecule has 0 bridgehead atoms. The number of oxazole rings is 1. The zero-order valence-corrected chi connectivity index (χ0v) is 16.0. The molecule has 1 aliphatic heterocycles. The number of hydrogen-bond donors (Lipinski definition) is 1. The Kier molecular flexibility index (Phi) is 3.44. The van der Waals surface area contributed by atoms with Crippen molar-refractivity contribution in [1.82, 2.24) is 29.5 Å². The Morgan fingerprint density at radius 1 is 1.31 bits per heavy atom. The van der Waals surface area contributed by atoms with Gasteiger partial charge in [0.15, 0.2) is 5.89 Å². The quantitative estimate of drug-likeness (QED) is 0.582. The molecule has 8 heteroatoms. The second-order valence-electron chi connectivity index (χ2n) is 7.84. The van der Waals surface area contributed by atoms with Crippen LogP contribution in [-0.2, 0) is 6.42 Å². The molecule has 0 unspecified atom stereocenters. The number of rotatable bonds is 3. The number of amides is 1. The molecule has 1 fully saturated rings. The topological polar surface area (TPSA) is 92.3 Å². The van der Waals surface area contributed by atoms with Crippen LogP contribution in [0.5, 0.6) is 0 Å². The molecule has 0 aromatic carbocycles. The maximum absolute atomic E-state index is 13.4. The van der Waals surface area contributed by atoms with E-state index in [4.69, 9.17) is 9.52 Å². The molecule has 0 radical (unpaired) electrons. The van der Waals surface area contributed by atoms with Crippen LogP contribution >= 0.6 is 0 Å². The average Bonchev–Trinajstić information content (AvgIpc) is 3.13. The van der Waals surface area contributed by atoms with Gasteiger partial charge in [-0.25, -0.2) is 14.5 Å². The summed E-state index contributed by atoms with van der Waals surface area (Å²) >= 11 is 0. The van der Waals surface area contributed by atoms with E-state index in [1.807, 2.05) is 22.8 Å². The van der Waals surface area contributed by atoms with E-state index in [-0.39, 0.29) is 17.7 Å². The summed E-state index contributed by atoms with van der Waals surface area (Å²) in [7, 11) is 0. The molecule has 1 amide bonds. The normalized spacial score (nSPS) is 18.9. The van der Waals surface area contributed by atoms with Crippen molar-refractivity contribution in [2.45, 2.75) is 38.1 Å². The molecule has 29 heavy (non-hydrogen) atoms. The maximum atomic E-state index is 13.4. The Balaban J connectivity index is 1.44. The predicted octanol–water partition coefficient (Wildman–Crippen LogP) is 3.02. The van der Waals surface area contributed by atoms with E-state index < -0.39 is 0 Å². The van der Waals surface area contributed by atoms with Gasteiger partial charge < -0.3 is 14.3 Å². The van der Waals surface area contributed by atoms with Crippen molar-refractivity contribution in [2.75, 3.05) is 6.54 Å². The molecule has 0 spiro atoms. The predicted molar refractivity (Wildman–Crippen MR) is 104 cm³/mol. The van der Waals surface area contributed by atoms with Gasteiger partial charge in [0.25, 0.3) is 5.91 Å². The van der Waals surface area contributed by atoms with Gasteiger partial charge in [-0.3, -0.25) is 4.79 Å². The minimum atomic E-state index is -0.369. The zero-order chi connectivity index (χ0) is 19.5. The monoisotopic (exact) mass is 388 g/mol. The number of imidazole rings is 1. The smallest absolute Gasteiger partial charge is 0.292 e. The highest BCUT2D eigenvalue weighted by molar-refractivity contribution is 5.92. The molecule has 4 aromatic rings. The van der Waals surface area contributed by atoms with Crippen LogP contribution in [-0.4, -0.2) is 41.9 Å². The average molecular weight is 388 g/mol. The number of fused-ring (bicyclic) bond motifs is 2. The van der Waals surface area contributed by atoms with Crippen LogP contribution < -0.4 is 0 Å². The number of nitrogens with one attached hydrogen (secondary N) is 1. The Bertz CT molecular complexity index is 1230. The van der Waals surface area contributed by atoms with Crippen LogP contribution in [0, 0.1) is 6.92 Å². The first-order valence-corrected chi connectivity index (χ1v) is 9.93. The van der Waals surface area contributed by atoms with Crippen LogP contribution in [0.25, 0.3) is 5.52 Å². The van der Waals surface area contributed by atoms with Gasteiger partial charge in [0.1, 0.15) is 6.04 Å². The van der Waals surface area contributed by atoms with Crippen LogP contribution in [0.2, 0.25) is 0 Å². The summed E-state index contributed by atoms with van der Waals surface area (Å²) in [5, 5.41) is 4.77. The Morgan fingerprint density at radius 3 is 3.03 bits per heavy atom. The van der Waals surface area contributed by atoms with E-state index in [1.54, 1.807) is 17.4 Å². The fraction of sp³-hybridized carbons (Fsp3) is 0.333. The molecule has 0 saturated heterocycles. The van der Waals surface area contributed by atoms with Gasteiger partial charge in [0, 0.05) is 30.8 Å². The lowest BCUT2D eigenvalue weighted by atomic mass is 9.99. The lowest BCUT2D eigenvalue weighted by Crippen LogP contribution is -2.40. The molecule has 1 atom stereocenters. The van der Waals surface area contributed by atoms with Gasteiger partial charge >= 0.3 is 0 Å². The highest BCUT2D eigenvalue weighted by atomic mass is 16.4. The number of hydrogen-bond acceptors (Lipinski definition) is 5. The van der Waals surface area contributed by atoms with Gasteiger partial charge in [-0.05, 0) is 37.5 Å². The van der Waals surface area contributed by atoms with E-state index in [9.17, 15) is 4.79 Å². The fourth-order valence-electron chi connectivity index (χ4n) is 4.15. The Morgan fingerprint density at radius 2 is 2.21 bits per heavy atom. The number of carbonyl (C=O) groups excluding carboxylic acids is 1. The van der Waals surface area contributed by atoms with Crippen LogP contribution in [0.3, 0.4) is 0 Å². The van der Waals surface area contributed by atoms with Gasteiger partial charge in [0.05, 0.1) is 29.4 Å². The maximum Gasteiger partial charge on any atom is 0.292 e. The van der Waals surface area contributed by atoms with Gasteiger partial charge in [-0.1, -0.05) is 6.07 Å². The minimum absolute atomic E-state index is 0.170. The van der Waals surface area contributed by atoms with Crippen molar-refractivity contribution in [3.8, 4) is 0 Å². The van der Waals surface area contributed by atoms with Gasteiger partial charge in [0.2, 0.25) is 5.76 Å². The summed E-state index contributed by atoms with van der Waals surface area (Å²) in [6.45, 7) is 2.61. The second-order valence-corrected chi connectivity index (χ2v) is 7.84. The second kappa shape index (κ2) is 6.04. The van der Waals surface area contributed by atoms with Crippen molar-refractivity contribution in [3.05, 3.63) is 71.2 Å². The third kappa shape index (κ3) is 2.59. The fourth-order valence-corrected chi connectivity index (χ4v) is 4.15. The van der Waals surface area contributed by atoms with Crippen LogP contribution in [0.4, 0.5) is 0 Å². The first kappa shape index (κ1) is 16.5. The van der Waals surface area contributed by atoms with E-state index >= 15 is 0 Å². The van der Waals surface area contributed by atoms with E-state index in [0.29, 0.717) is 24.8 Å². The molecule has 8 nitrogen and oxygen atoms in total. The summed E-state index contributed by atoms with van der Waals surface area (Å²) in [6.07, 6.45) is 8.04. The standard InChI is InChI=1S/C21H20N6O2/c1-12-3-2-7-27-16(12)9-15(25-27)19-18-14(23-11-24-18)6-8-26(19)21(28)17-10-22-20(29-17)13-4-5-13/h2-3,7,9-11,13,19H,4-6,8H2,1H3,(H,23,24)/t19-/m0/s1. The number of aryl methyl sites for hydroxylation is 1. The summed E-state index contributed by atoms with van der Waals surface area (Å²) in [4.78, 5) is 27.2. The largest absolute Gasteiger partial charge is 0.435 e. The van der Waals surface area contributed by atoms with Crippen molar-refractivity contribution in [3.63, 3.8) is 0 Å². The third-order valence-corrected chi connectivity index (χ3v) is 5.86. The summed E-state index contributed by atoms with van der Waals surface area (Å²) < 4.78 is 7.65. The molecule has 1 N–H and O–H groups in total. The summed E-state index contributed by atoms with van der Waals surface area (Å²) in [6, 6.07) is 5.70. The highest BCUT2D eigenvalue weighted by Crippen LogP contribution is 2.40. The molecule has 1 saturated carbocycles. The molecular formula is C21H20N6O2. The van der Waals surface area contributed by atoms with E-state index in [2.05, 4.69) is 27.9 Å². The SMILES string of the molecule is Cc1cccn2nc([C@H]3c4nc[nH]c4CCN3C(=O)c3cnc(C4CC4)o3)cc12. The Hall–Kier alpha value is -3.42. The lowest BCUT2D eigenvalue weighted by molar-refractivity contribution is 0.0652. The van der Waals surface area contributed by atoms with E-state index in [1.165, 1.54) is 0 Å². The van der Waals surface area contributed by atoms with Crippen molar-refractivity contribution < 1.29 is 9.21 Å². The highest BCUT2D eigenvalue weighted by Gasteiger charge is 2.38. The number of aromatic amines is 1. The third-order valence-electron chi connectivity index (χ3n) is 5.86. The van der Waals surface area contributed by atoms with Crippen molar-refractivity contribution >= 4 is 11.4 Å². The number of pyridine rings is 1. The lowest BCUT2D eigenvalue weighted by Gasteiger charge is -2.33. The van der Waals surface area contributed by atoms with Gasteiger partial charge in [-0.2, -0.15) is 5.10 Å². The Labute approximate surface area is 166 Å². The number of H-pyrrole nitrogens is 1. The molecule has 1 aliphatic carbocycles. The minimum Gasteiger partial charge on any atom is -0.435 e. The number of nitrogens with zero attached hydrogens (tertiary/aromatic N) is 5. The molecule has 5 heterocycles. The van der Waals surface area contributed by atoms with Crippen LogP contribution in [0.1, 0.15) is 63.9 Å². The molecule has 2 aliphatic rings. The molecule has 4 aromatic heterocycles. The van der Waals surface area contributed by atoms with Crippen LogP contribution in [0.15, 0.2) is 41.3 Å².